The lowest BCUT2D eigenvalue weighted by molar-refractivity contribution is -0.127. The smallest absolute Gasteiger partial charge is 0.224 e. The van der Waals surface area contributed by atoms with Crippen molar-refractivity contribution >= 4 is 5.91 Å². The molecule has 1 aromatic heterocycles. The first-order valence-corrected chi connectivity index (χ1v) is 11.6. The van der Waals surface area contributed by atoms with Crippen LogP contribution < -0.4 is 5.32 Å². The first-order chi connectivity index (χ1) is 14.8. The zero-order chi connectivity index (χ0) is 20.3. The Kier molecular flexibility index (Phi) is 5.91. The van der Waals surface area contributed by atoms with Gasteiger partial charge < -0.3 is 9.73 Å². The molecule has 0 radical (unpaired) electrons. The van der Waals surface area contributed by atoms with Gasteiger partial charge in [-0.1, -0.05) is 24.3 Å². The summed E-state index contributed by atoms with van der Waals surface area (Å²) in [7, 11) is 0. The maximum absolute atomic E-state index is 12.7. The largest absolute Gasteiger partial charge is 0.467 e. The number of likely N-dealkylation sites (tertiary alicyclic amines) is 2. The predicted molar refractivity (Wildman–Crippen MR) is 117 cm³/mol. The van der Waals surface area contributed by atoms with Crippen LogP contribution in [-0.4, -0.2) is 54.0 Å². The van der Waals surface area contributed by atoms with Gasteiger partial charge in [-0.2, -0.15) is 0 Å². The van der Waals surface area contributed by atoms with Gasteiger partial charge in [-0.3, -0.25) is 14.6 Å². The average Bonchev–Trinajstić information content (AvgIpc) is 3.47. The molecule has 3 aliphatic rings. The highest BCUT2D eigenvalue weighted by molar-refractivity contribution is 5.78. The van der Waals surface area contributed by atoms with Gasteiger partial charge in [-0.25, -0.2) is 0 Å². The van der Waals surface area contributed by atoms with E-state index < -0.39 is 0 Å². The molecule has 1 N–H and O–H groups in total. The highest BCUT2D eigenvalue weighted by atomic mass is 16.3. The van der Waals surface area contributed by atoms with E-state index in [1.54, 1.807) is 17.4 Å². The number of fused-ring (bicyclic) bond motifs is 1. The number of nitrogens with zero attached hydrogens (tertiary/aromatic N) is 2. The van der Waals surface area contributed by atoms with Crippen LogP contribution in [0, 0.1) is 5.92 Å². The van der Waals surface area contributed by atoms with Gasteiger partial charge in [-0.15, -0.1) is 0 Å². The number of furan rings is 1. The lowest BCUT2D eigenvalue weighted by Crippen LogP contribution is -2.52. The van der Waals surface area contributed by atoms with Crippen LogP contribution in [-0.2, 0) is 24.2 Å². The second-order valence-electron chi connectivity index (χ2n) is 9.23. The number of carbonyl (C=O) groups excluding carboxylic acids is 1. The number of piperidine rings is 2. The topological polar surface area (TPSA) is 48.7 Å². The highest BCUT2D eigenvalue weighted by Crippen LogP contribution is 2.29. The Bertz CT molecular complexity index is 817. The van der Waals surface area contributed by atoms with Gasteiger partial charge in [0.1, 0.15) is 5.76 Å². The molecule has 3 heterocycles. The minimum atomic E-state index is 0.107. The second kappa shape index (κ2) is 8.94. The lowest BCUT2D eigenvalue weighted by Gasteiger charge is -2.43. The molecule has 5 rings (SSSR count). The van der Waals surface area contributed by atoms with Crippen LogP contribution in [0.5, 0.6) is 0 Å². The molecule has 1 atom stereocenters. The Morgan fingerprint density at radius 3 is 2.40 bits per heavy atom. The quantitative estimate of drug-likeness (QED) is 0.827. The van der Waals surface area contributed by atoms with E-state index in [-0.39, 0.29) is 11.8 Å². The van der Waals surface area contributed by atoms with E-state index in [0.717, 1.165) is 31.7 Å². The second-order valence-corrected chi connectivity index (χ2v) is 9.23. The number of benzene rings is 1. The van der Waals surface area contributed by atoms with Crippen LogP contribution in [0.25, 0.3) is 0 Å². The SMILES string of the molecule is O=C(NCc1ccco1)C1CCCN(C2CCN(C3Cc4ccccc4C3)CC2)C1. The number of hydrogen-bond donors (Lipinski definition) is 1. The summed E-state index contributed by atoms with van der Waals surface area (Å²) in [6.45, 7) is 4.92. The van der Waals surface area contributed by atoms with E-state index >= 15 is 0 Å². The van der Waals surface area contributed by atoms with Crippen molar-refractivity contribution in [2.75, 3.05) is 26.2 Å². The van der Waals surface area contributed by atoms with Crippen LogP contribution >= 0.6 is 0 Å². The van der Waals surface area contributed by atoms with Gasteiger partial charge >= 0.3 is 0 Å². The van der Waals surface area contributed by atoms with Gasteiger partial charge in [0.05, 0.1) is 18.7 Å². The first kappa shape index (κ1) is 19.8. The third-order valence-electron chi connectivity index (χ3n) is 7.40. The van der Waals surface area contributed by atoms with E-state index in [1.807, 2.05) is 12.1 Å². The summed E-state index contributed by atoms with van der Waals surface area (Å²) >= 11 is 0. The zero-order valence-electron chi connectivity index (χ0n) is 17.8. The summed E-state index contributed by atoms with van der Waals surface area (Å²) in [6, 6.07) is 14.0. The predicted octanol–water partition coefficient (Wildman–Crippen LogP) is 3.24. The molecule has 5 heteroatoms. The molecule has 2 aliphatic heterocycles. The summed E-state index contributed by atoms with van der Waals surface area (Å²) < 4.78 is 5.33. The van der Waals surface area contributed by atoms with Crippen molar-refractivity contribution in [1.29, 1.82) is 0 Å². The molecule has 1 aliphatic carbocycles. The number of rotatable bonds is 5. The first-order valence-electron chi connectivity index (χ1n) is 11.6. The molecule has 5 nitrogen and oxygen atoms in total. The minimum Gasteiger partial charge on any atom is -0.467 e. The third-order valence-corrected chi connectivity index (χ3v) is 7.40. The monoisotopic (exact) mass is 407 g/mol. The fourth-order valence-corrected chi connectivity index (χ4v) is 5.69. The van der Waals surface area contributed by atoms with Crippen molar-refractivity contribution in [2.24, 2.45) is 5.92 Å². The number of carbonyl (C=O) groups is 1. The summed E-state index contributed by atoms with van der Waals surface area (Å²) in [4.78, 5) is 18.0. The van der Waals surface area contributed by atoms with Crippen molar-refractivity contribution in [1.82, 2.24) is 15.1 Å². The fraction of sp³-hybridized carbons (Fsp3) is 0.560. The van der Waals surface area contributed by atoms with E-state index in [2.05, 4.69) is 39.4 Å². The average molecular weight is 408 g/mol. The van der Waals surface area contributed by atoms with E-state index in [1.165, 1.54) is 38.8 Å². The van der Waals surface area contributed by atoms with Crippen molar-refractivity contribution in [3.05, 3.63) is 59.5 Å². The molecule has 0 saturated carbocycles. The molecule has 1 amide bonds. The van der Waals surface area contributed by atoms with Gasteiger partial charge in [0.25, 0.3) is 0 Å². The Morgan fingerprint density at radius 1 is 0.933 bits per heavy atom. The molecule has 2 saturated heterocycles. The van der Waals surface area contributed by atoms with Crippen molar-refractivity contribution < 1.29 is 9.21 Å². The van der Waals surface area contributed by atoms with Crippen molar-refractivity contribution in [3.63, 3.8) is 0 Å². The van der Waals surface area contributed by atoms with Crippen LogP contribution in [0.4, 0.5) is 0 Å². The summed E-state index contributed by atoms with van der Waals surface area (Å²) in [6.07, 6.45) is 8.66. The van der Waals surface area contributed by atoms with Crippen LogP contribution in [0.2, 0.25) is 0 Å². The molecular formula is C25H33N3O2. The summed E-state index contributed by atoms with van der Waals surface area (Å²) in [5.74, 6) is 1.10. The molecule has 0 bridgehead atoms. The summed E-state index contributed by atoms with van der Waals surface area (Å²) in [5.41, 5.74) is 3.09. The number of hydrogen-bond acceptors (Lipinski definition) is 4. The molecule has 1 aromatic carbocycles. The van der Waals surface area contributed by atoms with E-state index in [0.29, 0.717) is 18.6 Å². The molecule has 2 aromatic rings. The van der Waals surface area contributed by atoms with Crippen LogP contribution in [0.3, 0.4) is 0 Å². The Morgan fingerprint density at radius 2 is 1.70 bits per heavy atom. The Labute approximate surface area is 179 Å². The molecule has 160 valence electrons. The van der Waals surface area contributed by atoms with Crippen molar-refractivity contribution in [2.45, 2.75) is 57.2 Å². The molecule has 1 unspecified atom stereocenters. The van der Waals surface area contributed by atoms with Gasteiger partial charge in [-0.05, 0) is 81.4 Å². The molecule has 2 fully saturated rings. The van der Waals surface area contributed by atoms with E-state index in [9.17, 15) is 4.79 Å². The normalized spacial score (nSPS) is 24.1. The minimum absolute atomic E-state index is 0.107. The molecule has 0 spiro atoms. The summed E-state index contributed by atoms with van der Waals surface area (Å²) in [5, 5.41) is 3.06. The zero-order valence-corrected chi connectivity index (χ0v) is 17.8. The lowest BCUT2D eigenvalue weighted by atomic mass is 9.92. The highest BCUT2D eigenvalue weighted by Gasteiger charge is 2.34. The Hall–Kier alpha value is -2.11. The van der Waals surface area contributed by atoms with Crippen molar-refractivity contribution in [3.8, 4) is 0 Å². The Balaban J connectivity index is 1.10. The molecular weight excluding hydrogens is 374 g/mol. The maximum Gasteiger partial charge on any atom is 0.224 e. The maximum atomic E-state index is 12.7. The fourth-order valence-electron chi connectivity index (χ4n) is 5.69. The van der Waals surface area contributed by atoms with Gasteiger partial charge in [0, 0.05) is 18.6 Å². The third kappa shape index (κ3) is 4.33. The standard InChI is InChI=1S/C25H33N3O2/c29-25(26-17-24-8-4-14-30-24)21-7-3-11-28(18-21)22-9-12-27(13-10-22)23-15-19-5-1-2-6-20(19)16-23/h1-2,4-6,8,14,21-23H,3,7,9-13,15-18H2,(H,26,29). The van der Waals surface area contributed by atoms with E-state index in [4.69, 9.17) is 4.42 Å². The number of amides is 1. The van der Waals surface area contributed by atoms with Crippen LogP contribution in [0.15, 0.2) is 47.1 Å². The molecule has 30 heavy (non-hydrogen) atoms. The number of nitrogens with one attached hydrogen (secondary N) is 1. The van der Waals surface area contributed by atoms with Gasteiger partial charge in [0.15, 0.2) is 0 Å². The van der Waals surface area contributed by atoms with Gasteiger partial charge in [0.2, 0.25) is 5.91 Å². The van der Waals surface area contributed by atoms with Crippen LogP contribution in [0.1, 0.15) is 42.6 Å².